The Bertz CT molecular complexity index is 869. The zero-order chi connectivity index (χ0) is 17.1. The third kappa shape index (κ3) is 3.13. The maximum Gasteiger partial charge on any atom is 0.263 e. The van der Waals surface area contributed by atoms with Crippen molar-refractivity contribution in [1.82, 2.24) is 14.5 Å². The number of hydrogen-bond donors (Lipinski definition) is 0. The zero-order valence-electron chi connectivity index (χ0n) is 13.2. The molecule has 3 heterocycles. The van der Waals surface area contributed by atoms with E-state index < -0.39 is 0 Å². The van der Waals surface area contributed by atoms with Crippen LogP contribution < -0.4 is 10.3 Å². The van der Waals surface area contributed by atoms with E-state index in [2.05, 4.69) is 4.98 Å². The molecule has 24 heavy (non-hydrogen) atoms. The van der Waals surface area contributed by atoms with Crippen molar-refractivity contribution in [3.8, 4) is 11.9 Å². The second-order valence-corrected chi connectivity index (χ2v) is 5.61. The van der Waals surface area contributed by atoms with Crippen molar-refractivity contribution in [2.75, 3.05) is 13.1 Å². The molecule has 0 radical (unpaired) electrons. The van der Waals surface area contributed by atoms with Gasteiger partial charge in [-0.05, 0) is 18.2 Å². The largest absolute Gasteiger partial charge is 0.472 e. The van der Waals surface area contributed by atoms with E-state index in [1.165, 1.54) is 16.8 Å². The number of aryl methyl sites for hydroxylation is 1. The highest BCUT2D eigenvalue weighted by Gasteiger charge is 2.29. The third-order valence-electron chi connectivity index (χ3n) is 3.94. The molecule has 1 saturated heterocycles. The molecule has 7 nitrogen and oxygen atoms in total. The topological polar surface area (TPSA) is 88.2 Å². The molecule has 0 N–H and O–H groups in total. The average molecular weight is 324 g/mol. The maximum atomic E-state index is 12.5. The SMILES string of the molecule is Cn1cccc(C(=O)N2CCC(Oc3cc(C#N)ccn3)C2)c1=O. The highest BCUT2D eigenvalue weighted by Crippen LogP contribution is 2.18. The number of aromatic nitrogens is 2. The van der Waals surface area contributed by atoms with Gasteiger partial charge >= 0.3 is 0 Å². The second-order valence-electron chi connectivity index (χ2n) is 5.61. The van der Waals surface area contributed by atoms with E-state index in [0.717, 1.165) is 0 Å². The number of carbonyl (C=O) groups is 1. The fourth-order valence-electron chi connectivity index (χ4n) is 2.65. The van der Waals surface area contributed by atoms with Gasteiger partial charge < -0.3 is 14.2 Å². The van der Waals surface area contributed by atoms with E-state index in [0.29, 0.717) is 31.0 Å². The van der Waals surface area contributed by atoms with Crippen LogP contribution in [0.2, 0.25) is 0 Å². The van der Waals surface area contributed by atoms with Crippen molar-refractivity contribution >= 4 is 5.91 Å². The lowest BCUT2D eigenvalue weighted by molar-refractivity contribution is 0.0769. The van der Waals surface area contributed by atoms with Crippen LogP contribution in [0.5, 0.6) is 5.88 Å². The van der Waals surface area contributed by atoms with Gasteiger partial charge in [-0.2, -0.15) is 5.26 Å². The molecule has 0 bridgehead atoms. The quantitative estimate of drug-likeness (QED) is 0.838. The van der Waals surface area contributed by atoms with Crippen LogP contribution in [0.25, 0.3) is 0 Å². The van der Waals surface area contributed by atoms with Crippen LogP contribution in [0.3, 0.4) is 0 Å². The number of rotatable bonds is 3. The number of ether oxygens (including phenoxy) is 1. The number of amides is 1. The van der Waals surface area contributed by atoms with Gasteiger partial charge in [0.2, 0.25) is 5.88 Å². The molecule has 3 rings (SSSR count). The smallest absolute Gasteiger partial charge is 0.263 e. The minimum Gasteiger partial charge on any atom is -0.472 e. The first kappa shape index (κ1) is 15.7. The normalized spacial score (nSPS) is 16.7. The van der Waals surface area contributed by atoms with Crippen LogP contribution in [-0.2, 0) is 7.05 Å². The summed E-state index contributed by atoms with van der Waals surface area (Å²) in [6.45, 7) is 0.898. The van der Waals surface area contributed by atoms with Gasteiger partial charge in [0.25, 0.3) is 11.5 Å². The lowest BCUT2D eigenvalue weighted by Crippen LogP contribution is -2.35. The van der Waals surface area contributed by atoms with Crippen molar-refractivity contribution in [3.05, 3.63) is 58.1 Å². The molecular weight excluding hydrogens is 308 g/mol. The Labute approximate surface area is 138 Å². The van der Waals surface area contributed by atoms with Crippen LogP contribution in [-0.4, -0.2) is 39.6 Å². The number of likely N-dealkylation sites (tertiary alicyclic amines) is 1. The summed E-state index contributed by atoms with van der Waals surface area (Å²) in [6.07, 6.45) is 3.57. The molecule has 7 heteroatoms. The molecule has 1 unspecified atom stereocenters. The Morgan fingerprint density at radius 3 is 3.08 bits per heavy atom. The first-order chi connectivity index (χ1) is 11.6. The van der Waals surface area contributed by atoms with Gasteiger partial charge in [0, 0.05) is 38.5 Å². The van der Waals surface area contributed by atoms with Gasteiger partial charge in [-0.3, -0.25) is 9.59 Å². The Balaban J connectivity index is 1.69. The number of pyridine rings is 2. The fourth-order valence-corrected chi connectivity index (χ4v) is 2.65. The van der Waals surface area contributed by atoms with Gasteiger partial charge in [-0.15, -0.1) is 0 Å². The number of nitrogens with zero attached hydrogens (tertiary/aromatic N) is 4. The molecule has 0 spiro atoms. The summed E-state index contributed by atoms with van der Waals surface area (Å²) in [6, 6.07) is 8.41. The van der Waals surface area contributed by atoms with Crippen LogP contribution >= 0.6 is 0 Å². The molecule has 1 aliphatic heterocycles. The summed E-state index contributed by atoms with van der Waals surface area (Å²) < 4.78 is 7.13. The Morgan fingerprint density at radius 2 is 2.29 bits per heavy atom. The Hall–Kier alpha value is -3.14. The summed E-state index contributed by atoms with van der Waals surface area (Å²) in [5.74, 6) is 0.0741. The predicted octanol–water partition coefficient (Wildman–Crippen LogP) is 0.945. The third-order valence-corrected chi connectivity index (χ3v) is 3.94. The molecule has 1 amide bonds. The van der Waals surface area contributed by atoms with Gasteiger partial charge in [0.1, 0.15) is 11.7 Å². The lowest BCUT2D eigenvalue weighted by atomic mass is 10.2. The molecular formula is C17H16N4O3. The van der Waals surface area contributed by atoms with E-state index in [4.69, 9.17) is 10.00 Å². The van der Waals surface area contributed by atoms with Crippen LogP contribution in [0, 0.1) is 11.3 Å². The van der Waals surface area contributed by atoms with Gasteiger partial charge in [-0.25, -0.2) is 4.98 Å². The monoisotopic (exact) mass is 324 g/mol. The van der Waals surface area contributed by atoms with Crippen LogP contribution in [0.1, 0.15) is 22.3 Å². The van der Waals surface area contributed by atoms with Crippen LogP contribution in [0.15, 0.2) is 41.5 Å². The van der Waals surface area contributed by atoms with Gasteiger partial charge in [0.05, 0.1) is 18.2 Å². The highest BCUT2D eigenvalue weighted by molar-refractivity contribution is 5.94. The predicted molar refractivity (Wildman–Crippen MR) is 85.6 cm³/mol. The summed E-state index contributed by atoms with van der Waals surface area (Å²) in [4.78, 5) is 30.3. The standard InChI is InChI=1S/C17H16N4O3/c1-20-7-2-3-14(16(20)22)17(23)21-8-5-13(11-21)24-15-9-12(10-18)4-6-19-15/h2-4,6-7,9,13H,5,8,11H2,1H3. The minimum atomic E-state index is -0.310. The summed E-state index contributed by atoms with van der Waals surface area (Å²) in [5, 5.41) is 8.89. The van der Waals surface area contributed by atoms with E-state index in [1.54, 1.807) is 36.3 Å². The second kappa shape index (κ2) is 6.54. The van der Waals surface area contributed by atoms with Crippen molar-refractivity contribution in [3.63, 3.8) is 0 Å². The summed E-state index contributed by atoms with van der Waals surface area (Å²) in [7, 11) is 1.61. The van der Waals surface area contributed by atoms with E-state index in [9.17, 15) is 9.59 Å². The molecule has 2 aromatic heterocycles. The molecule has 0 saturated carbocycles. The van der Waals surface area contributed by atoms with E-state index >= 15 is 0 Å². The van der Waals surface area contributed by atoms with E-state index in [1.807, 2.05) is 6.07 Å². The first-order valence-corrected chi connectivity index (χ1v) is 7.56. The summed E-state index contributed by atoms with van der Waals surface area (Å²) >= 11 is 0. The molecule has 0 aromatic carbocycles. The minimum absolute atomic E-state index is 0.158. The van der Waals surface area contributed by atoms with E-state index in [-0.39, 0.29) is 23.1 Å². The van der Waals surface area contributed by atoms with Crippen molar-refractivity contribution in [1.29, 1.82) is 5.26 Å². The molecule has 0 aliphatic carbocycles. The van der Waals surface area contributed by atoms with Gasteiger partial charge in [-0.1, -0.05) is 0 Å². The molecule has 122 valence electrons. The number of carbonyl (C=O) groups excluding carboxylic acids is 1. The van der Waals surface area contributed by atoms with Crippen molar-refractivity contribution in [2.24, 2.45) is 7.05 Å². The maximum absolute atomic E-state index is 12.5. The van der Waals surface area contributed by atoms with Gasteiger partial charge in [0.15, 0.2) is 0 Å². The van der Waals surface area contributed by atoms with Crippen molar-refractivity contribution in [2.45, 2.75) is 12.5 Å². The first-order valence-electron chi connectivity index (χ1n) is 7.56. The molecule has 2 aromatic rings. The Kier molecular flexibility index (Phi) is 4.29. The lowest BCUT2D eigenvalue weighted by Gasteiger charge is -2.17. The summed E-state index contributed by atoms with van der Waals surface area (Å²) in [5.41, 5.74) is 0.319. The molecule has 1 aliphatic rings. The molecule has 1 fully saturated rings. The zero-order valence-corrected chi connectivity index (χ0v) is 13.2. The Morgan fingerprint density at radius 1 is 1.46 bits per heavy atom. The molecule has 1 atom stereocenters. The average Bonchev–Trinajstić information content (AvgIpc) is 3.05. The van der Waals surface area contributed by atoms with Crippen LogP contribution in [0.4, 0.5) is 0 Å². The number of nitriles is 1. The highest BCUT2D eigenvalue weighted by atomic mass is 16.5. The van der Waals surface area contributed by atoms with Crippen molar-refractivity contribution < 1.29 is 9.53 Å². The fraction of sp³-hybridized carbons (Fsp3) is 0.294. The number of hydrogen-bond acceptors (Lipinski definition) is 5.